The topological polar surface area (TPSA) is 81.2 Å². The fourth-order valence-electron chi connectivity index (χ4n) is 1.49. The molecule has 5 nitrogen and oxygen atoms in total. The third kappa shape index (κ3) is 3.57. The summed E-state index contributed by atoms with van der Waals surface area (Å²) in [7, 11) is 1.87. The number of nitro benzene ring substituents is 1. The van der Waals surface area contributed by atoms with Crippen LogP contribution in [0.2, 0.25) is 0 Å². The summed E-state index contributed by atoms with van der Waals surface area (Å²) >= 11 is 0. The first-order valence-corrected chi connectivity index (χ1v) is 5.42. The Morgan fingerprint density at radius 1 is 1.53 bits per heavy atom. The molecular weight excluding hydrogens is 218 g/mol. The van der Waals surface area contributed by atoms with Crippen LogP contribution in [0.3, 0.4) is 0 Å². The van der Waals surface area contributed by atoms with Crippen molar-refractivity contribution in [2.75, 3.05) is 19.3 Å². The van der Waals surface area contributed by atoms with Crippen LogP contribution in [-0.4, -0.2) is 18.5 Å². The molecule has 1 aromatic carbocycles. The van der Waals surface area contributed by atoms with Crippen LogP contribution in [-0.2, 0) is 0 Å². The first kappa shape index (κ1) is 13.2. The van der Waals surface area contributed by atoms with E-state index in [0.717, 1.165) is 18.5 Å². The Morgan fingerprint density at radius 2 is 2.24 bits per heavy atom. The molecule has 0 saturated heterocycles. The van der Waals surface area contributed by atoms with Crippen LogP contribution >= 0.6 is 0 Å². The predicted octanol–water partition coefficient (Wildman–Crippen LogP) is 2.11. The summed E-state index contributed by atoms with van der Waals surface area (Å²) in [6.07, 6.45) is 4.63. The molecule has 0 fully saturated rings. The molecule has 0 aromatic heterocycles. The van der Waals surface area contributed by atoms with E-state index in [1.807, 2.05) is 19.2 Å². The van der Waals surface area contributed by atoms with E-state index >= 15 is 0 Å². The van der Waals surface area contributed by atoms with E-state index in [4.69, 9.17) is 5.73 Å². The van der Waals surface area contributed by atoms with E-state index in [1.54, 1.807) is 6.92 Å². The van der Waals surface area contributed by atoms with Gasteiger partial charge in [0.1, 0.15) is 0 Å². The summed E-state index contributed by atoms with van der Waals surface area (Å²) in [5.41, 5.74) is 7.98. The predicted molar refractivity (Wildman–Crippen MR) is 69.8 cm³/mol. The van der Waals surface area contributed by atoms with Crippen molar-refractivity contribution in [2.45, 2.75) is 13.3 Å². The number of nitro groups is 1. The number of benzene rings is 1. The number of aryl methyl sites for hydroxylation is 1. The summed E-state index contributed by atoms with van der Waals surface area (Å²) in [4.78, 5) is 10.3. The lowest BCUT2D eigenvalue weighted by molar-refractivity contribution is -0.384. The summed E-state index contributed by atoms with van der Waals surface area (Å²) in [5.74, 6) is 0. The minimum absolute atomic E-state index is 0.0740. The van der Waals surface area contributed by atoms with Gasteiger partial charge in [-0.25, -0.2) is 0 Å². The van der Waals surface area contributed by atoms with Crippen molar-refractivity contribution in [3.05, 3.63) is 39.4 Å². The maximum atomic E-state index is 10.7. The van der Waals surface area contributed by atoms with E-state index in [-0.39, 0.29) is 5.69 Å². The average molecular weight is 235 g/mol. The Kier molecular flexibility index (Phi) is 4.66. The molecule has 0 unspecified atom stereocenters. The number of hydrogen-bond acceptors (Lipinski definition) is 4. The van der Waals surface area contributed by atoms with Crippen LogP contribution in [0.5, 0.6) is 0 Å². The van der Waals surface area contributed by atoms with Crippen LogP contribution in [0.15, 0.2) is 18.2 Å². The zero-order chi connectivity index (χ0) is 12.8. The minimum Gasteiger partial charge on any atom is -0.398 e. The summed E-state index contributed by atoms with van der Waals surface area (Å²) in [5, 5.41) is 13.7. The minimum atomic E-state index is -0.405. The molecule has 0 atom stereocenters. The molecule has 92 valence electrons. The van der Waals surface area contributed by atoms with Crippen molar-refractivity contribution >= 4 is 17.5 Å². The Bertz CT molecular complexity index is 442. The maximum absolute atomic E-state index is 10.7. The number of nitrogens with one attached hydrogen (secondary N) is 1. The number of rotatable bonds is 5. The maximum Gasteiger partial charge on any atom is 0.270 e. The van der Waals surface area contributed by atoms with Crippen LogP contribution in [0, 0.1) is 17.0 Å². The highest BCUT2D eigenvalue weighted by Gasteiger charge is 2.10. The van der Waals surface area contributed by atoms with Crippen molar-refractivity contribution < 1.29 is 4.92 Å². The zero-order valence-corrected chi connectivity index (χ0v) is 10.1. The van der Waals surface area contributed by atoms with Gasteiger partial charge in [0, 0.05) is 23.4 Å². The number of non-ortho nitro benzene ring substituents is 1. The lowest BCUT2D eigenvalue weighted by Gasteiger charge is -2.04. The Morgan fingerprint density at radius 3 is 2.82 bits per heavy atom. The normalized spacial score (nSPS) is 10.9. The molecule has 1 aromatic rings. The summed E-state index contributed by atoms with van der Waals surface area (Å²) < 4.78 is 0. The van der Waals surface area contributed by atoms with Crippen molar-refractivity contribution in [2.24, 2.45) is 0 Å². The monoisotopic (exact) mass is 235 g/mol. The largest absolute Gasteiger partial charge is 0.398 e. The first-order valence-electron chi connectivity index (χ1n) is 5.42. The highest BCUT2D eigenvalue weighted by Crippen LogP contribution is 2.25. The molecule has 1 rings (SSSR count). The second-order valence-corrected chi connectivity index (χ2v) is 3.82. The van der Waals surface area contributed by atoms with Gasteiger partial charge in [-0.3, -0.25) is 10.1 Å². The second kappa shape index (κ2) is 6.00. The Labute approximate surface area is 100 Å². The zero-order valence-electron chi connectivity index (χ0n) is 10.1. The summed E-state index contributed by atoms with van der Waals surface area (Å²) in [6.45, 7) is 2.64. The molecule has 0 amide bonds. The van der Waals surface area contributed by atoms with E-state index in [9.17, 15) is 10.1 Å². The first-order chi connectivity index (χ1) is 8.06. The van der Waals surface area contributed by atoms with Crippen molar-refractivity contribution in [1.29, 1.82) is 0 Å². The van der Waals surface area contributed by atoms with Gasteiger partial charge in [0.25, 0.3) is 5.69 Å². The highest BCUT2D eigenvalue weighted by atomic mass is 16.6. The number of anilines is 1. The quantitative estimate of drug-likeness (QED) is 0.354. The highest BCUT2D eigenvalue weighted by molar-refractivity contribution is 5.70. The molecular formula is C12H17N3O2. The second-order valence-electron chi connectivity index (χ2n) is 3.82. The van der Waals surface area contributed by atoms with Gasteiger partial charge in [0.05, 0.1) is 4.92 Å². The van der Waals surface area contributed by atoms with Gasteiger partial charge in [-0.15, -0.1) is 0 Å². The third-order valence-electron chi connectivity index (χ3n) is 2.47. The molecule has 0 radical (unpaired) electrons. The molecule has 0 aliphatic heterocycles. The van der Waals surface area contributed by atoms with E-state index < -0.39 is 4.92 Å². The molecule has 0 heterocycles. The van der Waals surface area contributed by atoms with Gasteiger partial charge < -0.3 is 11.1 Å². The van der Waals surface area contributed by atoms with Gasteiger partial charge in [0.15, 0.2) is 0 Å². The Balaban J connectivity index is 2.97. The van der Waals surface area contributed by atoms with Crippen LogP contribution in [0.25, 0.3) is 6.08 Å². The van der Waals surface area contributed by atoms with E-state index in [0.29, 0.717) is 11.3 Å². The molecule has 0 spiro atoms. The van der Waals surface area contributed by atoms with Crippen LogP contribution in [0.1, 0.15) is 17.5 Å². The molecule has 0 saturated carbocycles. The number of nitrogens with two attached hydrogens (primary N) is 1. The lowest BCUT2D eigenvalue weighted by atomic mass is 10.1. The van der Waals surface area contributed by atoms with Gasteiger partial charge in [-0.2, -0.15) is 0 Å². The van der Waals surface area contributed by atoms with E-state index in [1.165, 1.54) is 12.1 Å². The molecule has 0 bridgehead atoms. The molecule has 0 aliphatic rings. The Hall–Kier alpha value is -1.88. The van der Waals surface area contributed by atoms with E-state index in [2.05, 4.69) is 5.32 Å². The van der Waals surface area contributed by atoms with Gasteiger partial charge in [-0.1, -0.05) is 12.2 Å². The van der Waals surface area contributed by atoms with Crippen LogP contribution in [0.4, 0.5) is 11.4 Å². The average Bonchev–Trinajstić information content (AvgIpc) is 2.29. The lowest BCUT2D eigenvalue weighted by Crippen LogP contribution is -2.05. The van der Waals surface area contributed by atoms with Crippen molar-refractivity contribution in [3.8, 4) is 0 Å². The molecule has 3 N–H and O–H groups in total. The number of hydrogen-bond donors (Lipinski definition) is 2. The van der Waals surface area contributed by atoms with Gasteiger partial charge in [-0.05, 0) is 32.5 Å². The standard InChI is InChI=1S/C12H17N3O2/c1-9-7-11(15(16)17)8-10(12(9)13)5-3-4-6-14-2/h3,5,7-8,14H,4,6,13H2,1-2H3. The third-order valence-corrected chi connectivity index (χ3v) is 2.47. The van der Waals surface area contributed by atoms with Crippen LogP contribution < -0.4 is 11.1 Å². The van der Waals surface area contributed by atoms with Gasteiger partial charge in [0.2, 0.25) is 0 Å². The van der Waals surface area contributed by atoms with Gasteiger partial charge >= 0.3 is 0 Å². The summed E-state index contributed by atoms with van der Waals surface area (Å²) in [6, 6.07) is 2.98. The van der Waals surface area contributed by atoms with Crippen molar-refractivity contribution in [3.63, 3.8) is 0 Å². The number of nitrogens with zero attached hydrogens (tertiary/aromatic N) is 1. The molecule has 17 heavy (non-hydrogen) atoms. The fourth-order valence-corrected chi connectivity index (χ4v) is 1.49. The number of nitrogen functional groups attached to an aromatic ring is 1. The fraction of sp³-hybridized carbons (Fsp3) is 0.333. The SMILES string of the molecule is CNCCC=Cc1cc([N+](=O)[O-])cc(C)c1N. The van der Waals surface area contributed by atoms with Crippen molar-refractivity contribution in [1.82, 2.24) is 5.32 Å². The molecule has 5 heteroatoms. The molecule has 0 aliphatic carbocycles. The smallest absolute Gasteiger partial charge is 0.270 e.